The summed E-state index contributed by atoms with van der Waals surface area (Å²) < 4.78 is 24.1. The predicted molar refractivity (Wildman–Crippen MR) is 45.7 cm³/mol. The van der Waals surface area contributed by atoms with Crippen LogP contribution < -0.4 is 0 Å². The molecule has 1 saturated carbocycles. The van der Waals surface area contributed by atoms with Gasteiger partial charge in [0.05, 0.1) is 5.25 Å². The first-order chi connectivity index (χ1) is 5.11. The van der Waals surface area contributed by atoms with Gasteiger partial charge in [-0.1, -0.05) is 12.2 Å². The van der Waals surface area contributed by atoms with E-state index in [1.54, 1.807) is 6.26 Å². The fourth-order valence-electron chi connectivity index (χ4n) is 1.41. The van der Waals surface area contributed by atoms with Gasteiger partial charge in [-0.2, -0.15) is 0 Å². The van der Waals surface area contributed by atoms with Crippen LogP contribution in [-0.2, 0) is 10.8 Å². The average molecular weight is 176 g/mol. The molecule has 1 aliphatic carbocycles. The van der Waals surface area contributed by atoms with Crippen molar-refractivity contribution >= 4 is 10.8 Å². The first-order valence-corrected chi connectivity index (χ1v) is 5.36. The van der Waals surface area contributed by atoms with Crippen LogP contribution in [0.3, 0.4) is 0 Å². The second-order valence-electron chi connectivity index (χ2n) is 3.05. The van der Waals surface area contributed by atoms with Crippen LogP contribution >= 0.6 is 0 Å². The maximum Gasteiger partial charge on any atom is 0.118 e. The summed E-state index contributed by atoms with van der Waals surface area (Å²) in [5.74, 6) is 0. The Labute approximate surface area is 69.1 Å². The van der Waals surface area contributed by atoms with Crippen LogP contribution in [0.5, 0.6) is 0 Å². The number of rotatable bonds is 1. The Balaban J connectivity index is 2.57. The van der Waals surface area contributed by atoms with Crippen molar-refractivity contribution in [3.8, 4) is 0 Å². The van der Waals surface area contributed by atoms with Gasteiger partial charge in [-0.15, -0.1) is 0 Å². The molecular weight excluding hydrogens is 163 g/mol. The van der Waals surface area contributed by atoms with Crippen molar-refractivity contribution in [2.45, 2.75) is 30.7 Å². The maximum atomic E-state index is 13.1. The van der Waals surface area contributed by atoms with Crippen molar-refractivity contribution in [1.82, 2.24) is 0 Å². The molecule has 0 saturated heterocycles. The van der Waals surface area contributed by atoms with Crippen molar-refractivity contribution in [3.05, 3.63) is 12.2 Å². The van der Waals surface area contributed by atoms with Gasteiger partial charge in [-0.05, 0) is 12.8 Å². The van der Waals surface area contributed by atoms with Crippen LogP contribution in [0.4, 0.5) is 4.39 Å². The van der Waals surface area contributed by atoms with Crippen LogP contribution in [-0.4, -0.2) is 21.9 Å². The normalized spacial score (nSPS) is 35.3. The molecule has 0 bridgehead atoms. The molecule has 11 heavy (non-hydrogen) atoms. The third kappa shape index (κ3) is 2.12. The molecule has 0 aromatic carbocycles. The van der Waals surface area contributed by atoms with Gasteiger partial charge < -0.3 is 0 Å². The van der Waals surface area contributed by atoms with Gasteiger partial charge in [-0.25, -0.2) is 4.39 Å². The van der Waals surface area contributed by atoms with Gasteiger partial charge in [0.2, 0.25) is 0 Å². The fraction of sp³-hybridized carbons (Fsp3) is 0.750. The lowest BCUT2D eigenvalue weighted by Gasteiger charge is -2.25. The van der Waals surface area contributed by atoms with Crippen LogP contribution in [0.1, 0.15) is 19.3 Å². The Kier molecular flexibility index (Phi) is 2.82. The topological polar surface area (TPSA) is 17.1 Å². The zero-order chi connectivity index (χ0) is 8.43. The van der Waals surface area contributed by atoms with Crippen molar-refractivity contribution in [2.75, 3.05) is 6.26 Å². The summed E-state index contributed by atoms with van der Waals surface area (Å²) in [6.07, 6.45) is 2.59. The molecule has 1 rings (SSSR count). The molecule has 3 atom stereocenters. The summed E-state index contributed by atoms with van der Waals surface area (Å²) in [6.45, 7) is 3.72. The summed E-state index contributed by atoms with van der Waals surface area (Å²) >= 11 is 0. The Morgan fingerprint density at radius 1 is 1.73 bits per heavy atom. The summed E-state index contributed by atoms with van der Waals surface area (Å²) in [6, 6.07) is 0. The zero-order valence-corrected chi connectivity index (χ0v) is 7.49. The second-order valence-corrected chi connectivity index (χ2v) is 4.65. The molecule has 0 aromatic heterocycles. The van der Waals surface area contributed by atoms with E-state index in [-0.39, 0.29) is 5.25 Å². The van der Waals surface area contributed by atoms with E-state index in [0.29, 0.717) is 12.8 Å². The molecule has 3 unspecified atom stereocenters. The predicted octanol–water partition coefficient (Wildman–Crippen LogP) is 1.81. The first kappa shape index (κ1) is 8.91. The molecule has 3 heteroatoms. The molecule has 0 spiro atoms. The molecule has 1 fully saturated rings. The van der Waals surface area contributed by atoms with Gasteiger partial charge in [0, 0.05) is 23.5 Å². The highest BCUT2D eigenvalue weighted by Crippen LogP contribution is 2.27. The maximum absolute atomic E-state index is 13.1. The van der Waals surface area contributed by atoms with Gasteiger partial charge in [0.15, 0.2) is 0 Å². The van der Waals surface area contributed by atoms with E-state index >= 15 is 0 Å². The molecule has 0 radical (unpaired) electrons. The lowest BCUT2D eigenvalue weighted by atomic mass is 9.94. The first-order valence-electron chi connectivity index (χ1n) is 3.74. The lowest BCUT2D eigenvalue weighted by Crippen LogP contribution is -2.30. The molecule has 64 valence electrons. The van der Waals surface area contributed by atoms with E-state index in [0.717, 1.165) is 12.0 Å². The number of halogens is 1. The Bertz CT molecular complexity index is 191. The van der Waals surface area contributed by atoms with E-state index in [1.165, 1.54) is 0 Å². The molecule has 0 heterocycles. The molecule has 0 aromatic rings. The Morgan fingerprint density at radius 2 is 2.36 bits per heavy atom. The average Bonchev–Trinajstić information content (AvgIpc) is 1.85. The minimum atomic E-state index is -1.01. The van der Waals surface area contributed by atoms with E-state index in [9.17, 15) is 8.60 Å². The molecule has 0 amide bonds. The minimum absolute atomic E-state index is 0.250. The highest BCUT2D eigenvalue weighted by atomic mass is 32.2. The quantitative estimate of drug-likeness (QED) is 0.557. The van der Waals surface area contributed by atoms with Crippen LogP contribution in [0.2, 0.25) is 0 Å². The Hall–Kier alpha value is -0.180. The summed E-state index contributed by atoms with van der Waals surface area (Å²) in [5.41, 5.74) is 0.958. The Morgan fingerprint density at radius 3 is 2.82 bits per heavy atom. The van der Waals surface area contributed by atoms with Gasteiger partial charge in [-0.3, -0.25) is 4.21 Å². The third-order valence-electron chi connectivity index (χ3n) is 2.10. The molecular formula is C8H13FOS. The molecule has 1 aliphatic rings. The standard InChI is InChI=1S/C8H13FOS/c1-6-3-4-8(11(2)10)7(9)5-6/h7-8H,1,3-5H2,2H3. The second kappa shape index (κ2) is 3.48. The van der Waals surface area contributed by atoms with E-state index < -0.39 is 17.0 Å². The summed E-state index contributed by atoms with van der Waals surface area (Å²) in [7, 11) is -1.01. The van der Waals surface area contributed by atoms with Crippen molar-refractivity contribution in [2.24, 2.45) is 0 Å². The lowest BCUT2D eigenvalue weighted by molar-refractivity contribution is 0.290. The molecule has 0 aliphatic heterocycles. The fourth-order valence-corrected chi connectivity index (χ4v) is 2.37. The number of alkyl halides is 1. The monoisotopic (exact) mass is 176 g/mol. The van der Waals surface area contributed by atoms with Crippen LogP contribution in [0.15, 0.2) is 12.2 Å². The van der Waals surface area contributed by atoms with Gasteiger partial charge in [0.25, 0.3) is 0 Å². The number of hydrogen-bond acceptors (Lipinski definition) is 1. The van der Waals surface area contributed by atoms with Crippen LogP contribution in [0, 0.1) is 0 Å². The minimum Gasteiger partial charge on any atom is -0.259 e. The van der Waals surface area contributed by atoms with Crippen molar-refractivity contribution in [3.63, 3.8) is 0 Å². The molecule has 0 N–H and O–H groups in total. The van der Waals surface area contributed by atoms with E-state index in [1.807, 2.05) is 0 Å². The highest BCUT2D eigenvalue weighted by molar-refractivity contribution is 7.84. The summed E-state index contributed by atoms with van der Waals surface area (Å²) in [4.78, 5) is 0. The number of allylic oxidation sites excluding steroid dienone is 1. The van der Waals surface area contributed by atoms with Gasteiger partial charge >= 0.3 is 0 Å². The third-order valence-corrected chi connectivity index (χ3v) is 3.48. The van der Waals surface area contributed by atoms with E-state index in [4.69, 9.17) is 0 Å². The van der Waals surface area contributed by atoms with Crippen molar-refractivity contribution < 1.29 is 8.60 Å². The SMILES string of the molecule is C=C1CCC(S(C)=O)C(F)C1. The highest BCUT2D eigenvalue weighted by Gasteiger charge is 2.28. The van der Waals surface area contributed by atoms with Crippen molar-refractivity contribution in [1.29, 1.82) is 0 Å². The number of hydrogen-bond donors (Lipinski definition) is 0. The smallest absolute Gasteiger partial charge is 0.118 e. The molecule has 1 nitrogen and oxygen atoms in total. The van der Waals surface area contributed by atoms with Gasteiger partial charge in [0.1, 0.15) is 6.17 Å². The largest absolute Gasteiger partial charge is 0.259 e. The summed E-state index contributed by atoms with van der Waals surface area (Å²) in [5, 5.41) is -0.250. The van der Waals surface area contributed by atoms with Crippen LogP contribution in [0.25, 0.3) is 0 Å². The van der Waals surface area contributed by atoms with E-state index in [2.05, 4.69) is 6.58 Å². The zero-order valence-electron chi connectivity index (χ0n) is 6.68.